The highest BCUT2D eigenvalue weighted by Crippen LogP contribution is 2.50. The average molecular weight is 559 g/mol. The highest BCUT2D eigenvalue weighted by Gasteiger charge is 2.35. The number of fused-ring (bicyclic) bond motifs is 3. The van der Waals surface area contributed by atoms with Crippen molar-refractivity contribution < 1.29 is 18.7 Å². The molecule has 212 valence electrons. The number of nitrogen functional groups attached to an aromatic ring is 1. The van der Waals surface area contributed by atoms with Gasteiger partial charge in [0.2, 0.25) is 5.43 Å². The van der Waals surface area contributed by atoms with Gasteiger partial charge in [0.05, 0.1) is 30.0 Å². The Bertz CT molecular complexity index is 1770. The van der Waals surface area contributed by atoms with Crippen LogP contribution in [0.5, 0.6) is 11.5 Å². The summed E-state index contributed by atoms with van der Waals surface area (Å²) in [6, 6.07) is 11.5. The minimum absolute atomic E-state index is 0.0793. The summed E-state index contributed by atoms with van der Waals surface area (Å²) < 4.78 is 29.6. The summed E-state index contributed by atoms with van der Waals surface area (Å²) in [5.74, 6) is -0.619. The maximum Gasteiger partial charge on any atom is 0.256 e. The zero-order valence-electron chi connectivity index (χ0n) is 22.5. The lowest BCUT2D eigenvalue weighted by atomic mass is 10.0. The van der Waals surface area contributed by atoms with Crippen molar-refractivity contribution in [2.45, 2.75) is 12.5 Å². The summed E-state index contributed by atoms with van der Waals surface area (Å²) in [5, 5.41) is 4.67. The van der Waals surface area contributed by atoms with Crippen molar-refractivity contribution >= 4 is 39.0 Å². The summed E-state index contributed by atoms with van der Waals surface area (Å²) >= 11 is 0. The number of hydrogen-bond donors (Lipinski definition) is 3. The SMILES string of the molecule is Nc1c(F)c(N2CCC(N)C2)c2c3c1c(=O)c(C(=O)NCCN1CCOCC1)cn3-c1cc3ccccc3cc1O2. The molecule has 5 N–H and O–H groups in total. The van der Waals surface area contributed by atoms with Crippen molar-refractivity contribution in [2.75, 3.05) is 63.1 Å². The number of amides is 1. The second kappa shape index (κ2) is 10.0. The predicted octanol–water partition coefficient (Wildman–Crippen LogP) is 2.57. The highest BCUT2D eigenvalue weighted by atomic mass is 19.1. The molecule has 10 nitrogen and oxygen atoms in total. The van der Waals surface area contributed by atoms with E-state index in [-0.39, 0.29) is 34.1 Å². The van der Waals surface area contributed by atoms with Crippen molar-refractivity contribution in [1.82, 2.24) is 14.8 Å². The van der Waals surface area contributed by atoms with Gasteiger partial charge in [-0.15, -0.1) is 0 Å². The number of morpholine rings is 1. The molecule has 2 fully saturated rings. The minimum Gasteiger partial charge on any atom is -0.451 e. The van der Waals surface area contributed by atoms with Crippen LogP contribution in [0.25, 0.3) is 27.4 Å². The molecule has 0 bridgehead atoms. The topological polar surface area (TPSA) is 128 Å². The number of carbonyl (C=O) groups is 1. The van der Waals surface area contributed by atoms with Crippen LogP contribution in [0.3, 0.4) is 0 Å². The first-order valence-electron chi connectivity index (χ1n) is 13.9. The van der Waals surface area contributed by atoms with E-state index in [9.17, 15) is 9.59 Å². The molecular weight excluding hydrogens is 527 g/mol. The van der Waals surface area contributed by atoms with Gasteiger partial charge in [-0.3, -0.25) is 14.5 Å². The quantitative estimate of drug-likeness (QED) is 0.281. The fraction of sp³-hybridized carbons (Fsp3) is 0.333. The van der Waals surface area contributed by atoms with Crippen LogP contribution >= 0.6 is 0 Å². The molecule has 0 spiro atoms. The molecule has 0 aliphatic carbocycles. The Morgan fingerprint density at radius 2 is 1.88 bits per heavy atom. The Hall–Kier alpha value is -4.19. The van der Waals surface area contributed by atoms with Crippen molar-refractivity contribution in [3.63, 3.8) is 0 Å². The number of halogens is 1. The molecule has 41 heavy (non-hydrogen) atoms. The van der Waals surface area contributed by atoms with E-state index in [0.717, 1.165) is 23.9 Å². The zero-order chi connectivity index (χ0) is 28.2. The molecule has 1 aromatic heterocycles. The number of carbonyl (C=O) groups excluding carboxylic acids is 1. The number of nitrogens with two attached hydrogens (primary N) is 2. The first kappa shape index (κ1) is 25.8. The van der Waals surface area contributed by atoms with Gasteiger partial charge in [0.25, 0.3) is 5.91 Å². The van der Waals surface area contributed by atoms with Crippen LogP contribution in [0.1, 0.15) is 16.8 Å². The molecule has 1 atom stereocenters. The van der Waals surface area contributed by atoms with E-state index >= 15 is 4.39 Å². The van der Waals surface area contributed by atoms with Crippen LogP contribution in [-0.2, 0) is 4.74 Å². The van der Waals surface area contributed by atoms with Gasteiger partial charge in [-0.05, 0) is 29.3 Å². The molecule has 3 aliphatic rings. The van der Waals surface area contributed by atoms with Crippen molar-refractivity contribution in [3.05, 3.63) is 64.2 Å². The predicted molar refractivity (Wildman–Crippen MR) is 156 cm³/mol. The Kier molecular flexibility index (Phi) is 6.29. The van der Waals surface area contributed by atoms with Crippen LogP contribution in [0.15, 0.2) is 47.4 Å². The van der Waals surface area contributed by atoms with E-state index in [2.05, 4.69) is 10.2 Å². The van der Waals surface area contributed by atoms with E-state index in [0.29, 0.717) is 62.8 Å². The molecule has 3 aliphatic heterocycles. The van der Waals surface area contributed by atoms with E-state index < -0.39 is 17.2 Å². The Labute approximate surface area is 235 Å². The fourth-order valence-electron chi connectivity index (χ4n) is 6.09. The molecule has 0 radical (unpaired) electrons. The number of hydrogen-bond acceptors (Lipinski definition) is 8. The molecule has 4 heterocycles. The van der Waals surface area contributed by atoms with Gasteiger partial charge in [-0.1, -0.05) is 24.3 Å². The third-order valence-electron chi connectivity index (χ3n) is 8.25. The first-order chi connectivity index (χ1) is 19.9. The maximum absolute atomic E-state index is 16.1. The molecule has 1 unspecified atom stereocenters. The monoisotopic (exact) mass is 558 g/mol. The van der Waals surface area contributed by atoms with Crippen LogP contribution in [0.4, 0.5) is 15.8 Å². The largest absolute Gasteiger partial charge is 0.451 e. The summed E-state index contributed by atoms with van der Waals surface area (Å²) in [6.07, 6.45) is 2.21. The van der Waals surface area contributed by atoms with E-state index in [1.54, 1.807) is 4.57 Å². The first-order valence-corrected chi connectivity index (χ1v) is 13.9. The Morgan fingerprint density at radius 3 is 2.61 bits per heavy atom. The number of anilines is 2. The highest BCUT2D eigenvalue weighted by molar-refractivity contribution is 6.06. The number of benzene rings is 3. The smallest absolute Gasteiger partial charge is 0.256 e. The molecule has 0 saturated carbocycles. The van der Waals surface area contributed by atoms with Gasteiger partial charge in [0, 0.05) is 51.5 Å². The van der Waals surface area contributed by atoms with Gasteiger partial charge >= 0.3 is 0 Å². The summed E-state index contributed by atoms with van der Waals surface area (Å²) in [5.41, 5.74) is 12.6. The van der Waals surface area contributed by atoms with Crippen molar-refractivity contribution in [1.29, 1.82) is 0 Å². The van der Waals surface area contributed by atoms with Gasteiger partial charge in [-0.2, -0.15) is 0 Å². The normalized spacial score (nSPS) is 18.5. The van der Waals surface area contributed by atoms with Crippen LogP contribution in [0, 0.1) is 5.82 Å². The number of nitrogens with one attached hydrogen (secondary N) is 1. The molecule has 4 aromatic rings. The molecule has 11 heteroatoms. The minimum atomic E-state index is -0.751. The second-order valence-electron chi connectivity index (χ2n) is 10.8. The summed E-state index contributed by atoms with van der Waals surface area (Å²) in [7, 11) is 0. The lowest BCUT2D eigenvalue weighted by molar-refractivity contribution is 0.0383. The third kappa shape index (κ3) is 4.28. The molecule has 2 saturated heterocycles. The van der Waals surface area contributed by atoms with Crippen LogP contribution in [0.2, 0.25) is 0 Å². The average Bonchev–Trinajstić information content (AvgIpc) is 3.41. The van der Waals surface area contributed by atoms with E-state index in [4.69, 9.17) is 20.9 Å². The number of ether oxygens (including phenoxy) is 2. The third-order valence-corrected chi connectivity index (χ3v) is 8.25. The van der Waals surface area contributed by atoms with Gasteiger partial charge in [0.1, 0.15) is 16.8 Å². The van der Waals surface area contributed by atoms with E-state index in [1.165, 1.54) is 6.20 Å². The zero-order valence-corrected chi connectivity index (χ0v) is 22.5. The standard InChI is InChI=1S/C30H31FN6O4/c31-24-25(33)23-26-29(27(24)36-7-5-19(32)15-36)41-22-14-18-4-2-1-3-17(18)13-21(22)37(26)16-20(28(23)38)30(39)34-6-8-35-9-11-40-12-10-35/h1-4,13-14,16,19H,5-12,15,32-33H2,(H,34,39). The van der Waals surface area contributed by atoms with Crippen LogP contribution < -0.4 is 31.8 Å². The number of aromatic nitrogens is 1. The summed E-state index contributed by atoms with van der Waals surface area (Å²) in [6.45, 7) is 4.80. The number of rotatable bonds is 5. The maximum atomic E-state index is 16.1. The molecular formula is C30H31FN6O4. The molecule has 1 amide bonds. The number of nitrogens with zero attached hydrogens (tertiary/aromatic N) is 3. The van der Waals surface area contributed by atoms with Gasteiger partial charge < -0.3 is 35.7 Å². The molecule has 7 rings (SSSR count). The van der Waals surface area contributed by atoms with Crippen LogP contribution in [-0.4, -0.2) is 73.9 Å². The second-order valence-corrected chi connectivity index (χ2v) is 10.8. The van der Waals surface area contributed by atoms with Crippen molar-refractivity contribution in [3.8, 4) is 17.2 Å². The lowest BCUT2D eigenvalue weighted by Crippen LogP contribution is -2.42. The Morgan fingerprint density at radius 1 is 1.12 bits per heavy atom. The lowest BCUT2D eigenvalue weighted by Gasteiger charge is -2.30. The Balaban J connectivity index is 1.40. The molecule has 3 aromatic carbocycles. The van der Waals surface area contributed by atoms with Gasteiger partial charge in [0.15, 0.2) is 17.3 Å². The number of pyridine rings is 1. The summed E-state index contributed by atoms with van der Waals surface area (Å²) in [4.78, 5) is 31.2. The van der Waals surface area contributed by atoms with E-state index in [1.807, 2.05) is 41.3 Å². The van der Waals surface area contributed by atoms with Crippen molar-refractivity contribution in [2.24, 2.45) is 5.73 Å². The fourth-order valence-corrected chi connectivity index (χ4v) is 6.09. The van der Waals surface area contributed by atoms with Gasteiger partial charge in [-0.25, -0.2) is 4.39 Å².